The van der Waals surface area contributed by atoms with Crippen LogP contribution in [0.2, 0.25) is 5.02 Å². The van der Waals surface area contributed by atoms with Crippen molar-refractivity contribution in [2.45, 2.75) is 6.92 Å². The summed E-state index contributed by atoms with van der Waals surface area (Å²) in [7, 11) is 0. The number of nitrogens with zero attached hydrogens (tertiary/aromatic N) is 3. The average Bonchev–Trinajstić information content (AvgIpc) is 2.83. The van der Waals surface area contributed by atoms with Crippen LogP contribution >= 0.6 is 11.6 Å². The number of aromatic carboxylic acids is 1. The summed E-state index contributed by atoms with van der Waals surface area (Å²) in [6.07, 6.45) is 1.42. The Morgan fingerprint density at radius 2 is 2.05 bits per heavy atom. The molecule has 6 nitrogen and oxygen atoms in total. The van der Waals surface area contributed by atoms with E-state index in [4.69, 9.17) is 16.7 Å². The number of pyridine rings is 1. The Labute approximate surface area is 124 Å². The first kappa shape index (κ1) is 13.4. The van der Waals surface area contributed by atoms with E-state index in [0.717, 1.165) is 11.1 Å². The maximum absolute atomic E-state index is 11.1. The van der Waals surface area contributed by atoms with Gasteiger partial charge in [-0.3, -0.25) is 4.40 Å². The Kier molecular flexibility index (Phi) is 3.03. The number of hydrogen-bond donors (Lipinski definition) is 2. The molecule has 0 unspecified atom stereocenters. The van der Waals surface area contributed by atoms with E-state index in [1.165, 1.54) is 22.7 Å². The predicted molar refractivity (Wildman–Crippen MR) is 76.8 cm³/mol. The highest BCUT2D eigenvalue weighted by molar-refractivity contribution is 6.33. The fraction of sp³-hybridized carbons (Fsp3) is 0.0714. The first-order chi connectivity index (χ1) is 9.97. The lowest BCUT2D eigenvalue weighted by molar-refractivity contribution is 0.0696. The minimum absolute atomic E-state index is 0.0463. The molecular weight excluding hydrogens is 294 g/mol. The molecule has 0 aliphatic carbocycles. The van der Waals surface area contributed by atoms with Gasteiger partial charge in [-0.25, -0.2) is 4.79 Å². The fourth-order valence-electron chi connectivity index (χ4n) is 2.15. The second-order valence-corrected chi connectivity index (χ2v) is 5.01. The third kappa shape index (κ3) is 2.19. The second kappa shape index (κ2) is 4.75. The SMILES string of the molecule is Cc1cc(O)ccc1-c1nnc2c(Cl)cc(C(=O)O)cn12. The van der Waals surface area contributed by atoms with Crippen LogP contribution in [-0.4, -0.2) is 30.8 Å². The molecule has 0 radical (unpaired) electrons. The molecule has 2 aromatic heterocycles. The number of carboxylic acids is 1. The molecule has 21 heavy (non-hydrogen) atoms. The van der Waals surface area contributed by atoms with Gasteiger partial charge in [-0.2, -0.15) is 0 Å². The largest absolute Gasteiger partial charge is 0.508 e. The summed E-state index contributed by atoms with van der Waals surface area (Å²) in [5.74, 6) is -0.470. The second-order valence-electron chi connectivity index (χ2n) is 4.60. The Morgan fingerprint density at radius 3 is 2.71 bits per heavy atom. The molecule has 0 amide bonds. The van der Waals surface area contributed by atoms with E-state index in [-0.39, 0.29) is 16.3 Å². The summed E-state index contributed by atoms with van der Waals surface area (Å²) in [6.45, 7) is 1.82. The molecule has 2 N–H and O–H groups in total. The number of carboxylic acid groups (broad SMARTS) is 1. The summed E-state index contributed by atoms with van der Waals surface area (Å²) in [5.41, 5.74) is 1.95. The number of halogens is 1. The molecule has 2 heterocycles. The number of hydrogen-bond acceptors (Lipinski definition) is 4. The first-order valence-electron chi connectivity index (χ1n) is 6.05. The zero-order valence-electron chi connectivity index (χ0n) is 10.9. The minimum Gasteiger partial charge on any atom is -0.508 e. The van der Waals surface area contributed by atoms with Gasteiger partial charge in [-0.15, -0.1) is 10.2 Å². The van der Waals surface area contributed by atoms with E-state index in [9.17, 15) is 9.90 Å². The Balaban J connectivity index is 2.30. The minimum atomic E-state index is -1.08. The van der Waals surface area contributed by atoms with Gasteiger partial charge < -0.3 is 10.2 Å². The number of aryl methyl sites for hydroxylation is 1. The van der Waals surface area contributed by atoms with Crippen LogP contribution in [0.4, 0.5) is 0 Å². The number of fused-ring (bicyclic) bond motifs is 1. The molecule has 0 spiro atoms. The van der Waals surface area contributed by atoms with Crippen LogP contribution in [0.5, 0.6) is 5.75 Å². The first-order valence-corrected chi connectivity index (χ1v) is 6.42. The highest BCUT2D eigenvalue weighted by Gasteiger charge is 2.16. The molecule has 0 saturated carbocycles. The van der Waals surface area contributed by atoms with E-state index in [0.29, 0.717) is 11.5 Å². The van der Waals surface area contributed by atoms with Crippen molar-refractivity contribution in [3.8, 4) is 17.1 Å². The number of phenols is 1. The zero-order chi connectivity index (χ0) is 15.1. The van der Waals surface area contributed by atoms with Gasteiger partial charge in [-0.1, -0.05) is 11.6 Å². The number of carbonyl (C=O) groups is 1. The lowest BCUT2D eigenvalue weighted by Crippen LogP contribution is -2.00. The Bertz CT molecular complexity index is 873. The average molecular weight is 304 g/mol. The number of rotatable bonds is 2. The number of phenolic OH excluding ortho intramolecular Hbond substituents is 1. The van der Waals surface area contributed by atoms with Crippen molar-refractivity contribution in [3.05, 3.63) is 46.6 Å². The summed E-state index contributed by atoms with van der Waals surface area (Å²) in [5, 5.41) is 26.8. The van der Waals surface area contributed by atoms with Gasteiger partial charge in [0.15, 0.2) is 11.5 Å². The van der Waals surface area contributed by atoms with Gasteiger partial charge >= 0.3 is 5.97 Å². The van der Waals surface area contributed by atoms with Gasteiger partial charge in [0.2, 0.25) is 0 Å². The number of aromatic hydroxyl groups is 1. The predicted octanol–water partition coefficient (Wildman–Crippen LogP) is 2.76. The molecule has 0 atom stereocenters. The molecular formula is C14H10ClN3O3. The van der Waals surface area contributed by atoms with Crippen molar-refractivity contribution in [2.24, 2.45) is 0 Å². The Hall–Kier alpha value is -2.60. The third-order valence-electron chi connectivity index (χ3n) is 3.16. The highest BCUT2D eigenvalue weighted by Crippen LogP contribution is 2.28. The van der Waals surface area contributed by atoms with Crippen molar-refractivity contribution in [2.75, 3.05) is 0 Å². The smallest absolute Gasteiger partial charge is 0.337 e. The molecule has 3 rings (SSSR count). The third-order valence-corrected chi connectivity index (χ3v) is 3.44. The van der Waals surface area contributed by atoms with Gasteiger partial charge in [-0.05, 0) is 36.8 Å². The van der Waals surface area contributed by atoms with Crippen LogP contribution in [0.3, 0.4) is 0 Å². The Morgan fingerprint density at radius 1 is 1.29 bits per heavy atom. The van der Waals surface area contributed by atoms with Crippen molar-refractivity contribution >= 4 is 23.2 Å². The van der Waals surface area contributed by atoms with Gasteiger partial charge in [0, 0.05) is 11.8 Å². The molecule has 106 valence electrons. The highest BCUT2D eigenvalue weighted by atomic mass is 35.5. The molecule has 0 saturated heterocycles. The van der Waals surface area contributed by atoms with Crippen LogP contribution in [-0.2, 0) is 0 Å². The summed E-state index contributed by atoms with van der Waals surface area (Å²) >= 11 is 6.05. The monoisotopic (exact) mass is 303 g/mol. The van der Waals surface area contributed by atoms with Crippen molar-refractivity contribution in [3.63, 3.8) is 0 Å². The fourth-order valence-corrected chi connectivity index (χ4v) is 2.40. The van der Waals surface area contributed by atoms with Crippen LogP contribution in [0.15, 0.2) is 30.5 Å². The van der Waals surface area contributed by atoms with E-state index < -0.39 is 5.97 Å². The van der Waals surface area contributed by atoms with Crippen LogP contribution in [0, 0.1) is 6.92 Å². The summed E-state index contributed by atoms with van der Waals surface area (Å²) < 4.78 is 1.53. The zero-order valence-corrected chi connectivity index (χ0v) is 11.7. The number of aromatic nitrogens is 3. The quantitative estimate of drug-likeness (QED) is 0.760. The van der Waals surface area contributed by atoms with Gasteiger partial charge in [0.25, 0.3) is 0 Å². The van der Waals surface area contributed by atoms with Crippen molar-refractivity contribution in [1.82, 2.24) is 14.6 Å². The maximum atomic E-state index is 11.1. The molecule has 0 bridgehead atoms. The summed E-state index contributed by atoms with van der Waals surface area (Å²) in [4.78, 5) is 11.1. The van der Waals surface area contributed by atoms with Crippen molar-refractivity contribution < 1.29 is 15.0 Å². The van der Waals surface area contributed by atoms with Crippen LogP contribution in [0.1, 0.15) is 15.9 Å². The normalized spacial score (nSPS) is 11.0. The molecule has 3 aromatic rings. The lowest BCUT2D eigenvalue weighted by Gasteiger charge is -2.06. The number of benzene rings is 1. The maximum Gasteiger partial charge on any atom is 0.337 e. The molecule has 0 aliphatic rings. The van der Waals surface area contributed by atoms with E-state index >= 15 is 0 Å². The molecule has 7 heteroatoms. The van der Waals surface area contributed by atoms with E-state index in [2.05, 4.69) is 10.2 Å². The molecule has 0 fully saturated rings. The standard InChI is InChI=1S/C14H10ClN3O3/c1-7-4-9(19)2-3-10(7)12-16-17-13-11(15)5-8(14(20)21)6-18(12)13/h2-6,19H,1H3,(H,20,21). The molecule has 0 aliphatic heterocycles. The van der Waals surface area contributed by atoms with Crippen molar-refractivity contribution in [1.29, 1.82) is 0 Å². The topological polar surface area (TPSA) is 87.7 Å². The lowest BCUT2D eigenvalue weighted by atomic mass is 10.1. The van der Waals surface area contributed by atoms with Crippen LogP contribution in [0.25, 0.3) is 17.0 Å². The van der Waals surface area contributed by atoms with E-state index in [1.54, 1.807) is 12.1 Å². The molecule has 1 aromatic carbocycles. The van der Waals surface area contributed by atoms with E-state index in [1.807, 2.05) is 6.92 Å². The van der Waals surface area contributed by atoms with Crippen LogP contribution < -0.4 is 0 Å². The van der Waals surface area contributed by atoms with Gasteiger partial charge in [0.05, 0.1) is 10.6 Å². The summed E-state index contributed by atoms with van der Waals surface area (Å²) in [6, 6.07) is 6.16. The van der Waals surface area contributed by atoms with Gasteiger partial charge in [0.1, 0.15) is 5.75 Å².